The molecule has 1 amide bonds. The molecule has 0 spiro atoms. The van der Waals surface area contributed by atoms with Gasteiger partial charge in [-0.3, -0.25) is 4.79 Å². The highest BCUT2D eigenvalue weighted by Crippen LogP contribution is 2.35. The van der Waals surface area contributed by atoms with Crippen molar-refractivity contribution in [1.82, 2.24) is 0 Å². The Labute approximate surface area is 212 Å². The van der Waals surface area contributed by atoms with Gasteiger partial charge in [0.25, 0.3) is 5.91 Å². The molecule has 0 unspecified atom stereocenters. The van der Waals surface area contributed by atoms with Crippen LogP contribution < -0.4 is 14.8 Å². The molecule has 7 heteroatoms. The van der Waals surface area contributed by atoms with E-state index < -0.39 is 5.91 Å². The molecular formula is C26H22ClIN2O3. The van der Waals surface area contributed by atoms with E-state index in [1.165, 1.54) is 6.08 Å². The Balaban J connectivity index is 1.86. The number of hydrogen-bond donors (Lipinski definition) is 1. The van der Waals surface area contributed by atoms with E-state index in [4.69, 9.17) is 21.1 Å². The fraction of sp³-hybridized carbons (Fsp3) is 0.154. The Morgan fingerprint density at radius 3 is 2.64 bits per heavy atom. The van der Waals surface area contributed by atoms with E-state index in [2.05, 4.69) is 27.9 Å². The number of hydrogen-bond acceptors (Lipinski definition) is 4. The van der Waals surface area contributed by atoms with Crippen molar-refractivity contribution in [2.24, 2.45) is 0 Å². The van der Waals surface area contributed by atoms with Crippen LogP contribution in [0.1, 0.15) is 23.6 Å². The summed E-state index contributed by atoms with van der Waals surface area (Å²) < 4.78 is 12.7. The maximum Gasteiger partial charge on any atom is 0.266 e. The lowest BCUT2D eigenvalue weighted by atomic mass is 10.1. The molecule has 3 aromatic carbocycles. The van der Waals surface area contributed by atoms with E-state index in [0.29, 0.717) is 41.0 Å². The van der Waals surface area contributed by atoms with Crippen LogP contribution in [0.15, 0.2) is 66.2 Å². The van der Waals surface area contributed by atoms with E-state index in [1.54, 1.807) is 30.3 Å². The minimum absolute atomic E-state index is 0.0400. The summed E-state index contributed by atoms with van der Waals surface area (Å²) in [7, 11) is 0. The maximum atomic E-state index is 12.6. The molecule has 0 aromatic heterocycles. The van der Waals surface area contributed by atoms with E-state index in [-0.39, 0.29) is 5.57 Å². The first-order chi connectivity index (χ1) is 15.9. The molecule has 3 aromatic rings. The van der Waals surface area contributed by atoms with Crippen LogP contribution in [0.5, 0.6) is 11.5 Å². The van der Waals surface area contributed by atoms with Gasteiger partial charge in [-0.05, 0) is 89.5 Å². The van der Waals surface area contributed by atoms with E-state index in [1.807, 2.05) is 50.2 Å². The molecule has 0 saturated heterocycles. The highest BCUT2D eigenvalue weighted by molar-refractivity contribution is 14.1. The Bertz CT molecular complexity index is 1230. The minimum atomic E-state index is -0.521. The first-order valence-corrected chi connectivity index (χ1v) is 11.7. The topological polar surface area (TPSA) is 71.3 Å². The van der Waals surface area contributed by atoms with Crippen molar-refractivity contribution >= 4 is 51.9 Å². The van der Waals surface area contributed by atoms with Crippen LogP contribution in [-0.4, -0.2) is 12.5 Å². The number of aryl methyl sites for hydroxylation is 1. The van der Waals surface area contributed by atoms with Crippen molar-refractivity contribution in [2.45, 2.75) is 20.5 Å². The molecule has 3 rings (SSSR count). The van der Waals surface area contributed by atoms with Gasteiger partial charge in [0.05, 0.1) is 10.2 Å². The van der Waals surface area contributed by atoms with Crippen molar-refractivity contribution in [3.63, 3.8) is 0 Å². The zero-order valence-corrected chi connectivity index (χ0v) is 21.1. The van der Waals surface area contributed by atoms with Gasteiger partial charge < -0.3 is 14.8 Å². The fourth-order valence-electron chi connectivity index (χ4n) is 3.08. The van der Waals surface area contributed by atoms with E-state index in [0.717, 1.165) is 14.7 Å². The number of rotatable bonds is 8. The zero-order valence-electron chi connectivity index (χ0n) is 18.2. The Kier molecular flexibility index (Phi) is 8.75. The van der Waals surface area contributed by atoms with Crippen LogP contribution in [0.4, 0.5) is 5.69 Å². The largest absolute Gasteiger partial charge is 0.490 e. The van der Waals surface area contributed by atoms with Crippen molar-refractivity contribution in [2.75, 3.05) is 11.9 Å². The quantitative estimate of drug-likeness (QED) is 0.184. The lowest BCUT2D eigenvalue weighted by Gasteiger charge is -2.15. The molecule has 0 atom stereocenters. The summed E-state index contributed by atoms with van der Waals surface area (Å²) in [6.07, 6.45) is 1.52. The number of benzene rings is 3. The van der Waals surface area contributed by atoms with Gasteiger partial charge >= 0.3 is 0 Å². The summed E-state index contributed by atoms with van der Waals surface area (Å²) in [5, 5.41) is 12.7. The van der Waals surface area contributed by atoms with Gasteiger partial charge in [-0.1, -0.05) is 41.9 Å². The molecule has 0 radical (unpaired) electrons. The minimum Gasteiger partial charge on any atom is -0.490 e. The molecule has 0 aliphatic rings. The predicted molar refractivity (Wildman–Crippen MR) is 140 cm³/mol. The molecular weight excluding hydrogens is 551 g/mol. The van der Waals surface area contributed by atoms with Gasteiger partial charge in [-0.2, -0.15) is 5.26 Å². The Morgan fingerprint density at radius 1 is 1.15 bits per heavy atom. The van der Waals surface area contributed by atoms with Crippen LogP contribution in [0.2, 0.25) is 5.02 Å². The van der Waals surface area contributed by atoms with Gasteiger partial charge in [-0.15, -0.1) is 0 Å². The fourth-order valence-corrected chi connectivity index (χ4v) is 4.05. The monoisotopic (exact) mass is 572 g/mol. The number of nitriles is 1. The standard InChI is InChI=1S/C26H22ClIN2O3/c1-3-32-24-13-18(11-20(15-29)26(31)30-22-10-6-9-21(27)14-22)12-23(28)25(24)33-16-19-8-5-4-7-17(19)2/h4-14H,3,16H2,1-2H3,(H,30,31)/b20-11+. The second kappa shape index (κ2) is 11.7. The van der Waals surface area contributed by atoms with Crippen molar-refractivity contribution in [3.8, 4) is 17.6 Å². The number of nitrogens with one attached hydrogen (secondary N) is 1. The molecule has 0 aliphatic carbocycles. The number of ether oxygens (including phenoxy) is 2. The number of carbonyl (C=O) groups is 1. The summed E-state index contributed by atoms with van der Waals surface area (Å²) in [6.45, 7) is 4.78. The summed E-state index contributed by atoms with van der Waals surface area (Å²) in [5.41, 5.74) is 3.36. The number of nitrogens with zero attached hydrogens (tertiary/aromatic N) is 1. The number of carbonyl (C=O) groups excluding carboxylic acids is 1. The van der Waals surface area contributed by atoms with Crippen LogP contribution in [0, 0.1) is 21.8 Å². The molecule has 168 valence electrons. The first-order valence-electron chi connectivity index (χ1n) is 10.2. The molecule has 0 heterocycles. The highest BCUT2D eigenvalue weighted by Gasteiger charge is 2.15. The SMILES string of the molecule is CCOc1cc(/C=C(\C#N)C(=O)Nc2cccc(Cl)c2)cc(I)c1OCc1ccccc1C. The van der Waals surface area contributed by atoms with Crippen LogP contribution in [0.3, 0.4) is 0 Å². The molecule has 0 fully saturated rings. The summed E-state index contributed by atoms with van der Waals surface area (Å²) in [5.74, 6) is 0.657. The second-order valence-electron chi connectivity index (χ2n) is 7.11. The van der Waals surface area contributed by atoms with Crippen LogP contribution >= 0.6 is 34.2 Å². The second-order valence-corrected chi connectivity index (χ2v) is 8.71. The molecule has 33 heavy (non-hydrogen) atoms. The first kappa shape index (κ1) is 24.6. The Morgan fingerprint density at radius 2 is 1.94 bits per heavy atom. The van der Waals surface area contributed by atoms with Gasteiger partial charge in [-0.25, -0.2) is 0 Å². The average molecular weight is 573 g/mol. The molecule has 0 saturated carbocycles. The Hall–Kier alpha value is -3.02. The number of halogens is 2. The molecule has 0 aliphatic heterocycles. The summed E-state index contributed by atoms with van der Waals surface area (Å²) in [4.78, 5) is 12.6. The van der Waals surface area contributed by atoms with Crippen molar-refractivity contribution in [3.05, 3.63) is 91.5 Å². The predicted octanol–water partition coefficient (Wildman–Crippen LogP) is 6.78. The molecule has 1 N–H and O–H groups in total. The van der Waals surface area contributed by atoms with Gasteiger partial charge in [0.1, 0.15) is 18.2 Å². The normalized spacial score (nSPS) is 10.9. The third-order valence-electron chi connectivity index (χ3n) is 4.72. The lowest BCUT2D eigenvalue weighted by molar-refractivity contribution is -0.112. The molecule has 0 bridgehead atoms. The van der Waals surface area contributed by atoms with Gasteiger partial charge in [0.2, 0.25) is 0 Å². The van der Waals surface area contributed by atoms with Gasteiger partial charge in [0, 0.05) is 10.7 Å². The molecule has 5 nitrogen and oxygen atoms in total. The summed E-state index contributed by atoms with van der Waals surface area (Å²) in [6, 6.07) is 20.4. The third-order valence-corrected chi connectivity index (χ3v) is 5.76. The number of anilines is 1. The summed E-state index contributed by atoms with van der Waals surface area (Å²) >= 11 is 8.14. The van der Waals surface area contributed by atoms with Crippen molar-refractivity contribution < 1.29 is 14.3 Å². The highest BCUT2D eigenvalue weighted by atomic mass is 127. The van der Waals surface area contributed by atoms with E-state index >= 15 is 0 Å². The van der Waals surface area contributed by atoms with Crippen molar-refractivity contribution in [1.29, 1.82) is 5.26 Å². The van der Waals surface area contributed by atoms with E-state index in [9.17, 15) is 10.1 Å². The van der Waals surface area contributed by atoms with Crippen LogP contribution in [-0.2, 0) is 11.4 Å². The lowest BCUT2D eigenvalue weighted by Crippen LogP contribution is -2.13. The van der Waals surface area contributed by atoms with Crippen LogP contribution in [0.25, 0.3) is 6.08 Å². The maximum absolute atomic E-state index is 12.6. The van der Waals surface area contributed by atoms with Gasteiger partial charge in [0.15, 0.2) is 11.5 Å². The third kappa shape index (κ3) is 6.73. The zero-order chi connectivity index (χ0) is 23.8. The average Bonchev–Trinajstić information content (AvgIpc) is 2.78. The smallest absolute Gasteiger partial charge is 0.266 e. The number of amides is 1.